The third-order valence-corrected chi connectivity index (χ3v) is 4.29. The molecule has 21 heavy (non-hydrogen) atoms. The van der Waals surface area contributed by atoms with E-state index in [0.717, 1.165) is 25.7 Å². The minimum Gasteiger partial charge on any atom is -0.460 e. The zero-order valence-corrected chi connectivity index (χ0v) is 11.3. The van der Waals surface area contributed by atoms with Crippen molar-refractivity contribution in [1.29, 1.82) is 0 Å². The fourth-order valence-electron chi connectivity index (χ4n) is 3.36. The summed E-state index contributed by atoms with van der Waals surface area (Å²) in [6, 6.07) is 1.88. The molecule has 0 aromatic carbocycles. The fraction of sp³-hybridized carbons (Fsp3) is 0.500. The van der Waals surface area contributed by atoms with Gasteiger partial charge >= 0.3 is 5.69 Å². The maximum atomic E-state index is 11.2. The molecule has 2 aromatic heterocycles. The van der Waals surface area contributed by atoms with Crippen LogP contribution in [-0.4, -0.2) is 28.2 Å². The van der Waals surface area contributed by atoms with Gasteiger partial charge in [-0.05, 0) is 25.7 Å². The van der Waals surface area contributed by atoms with Crippen LogP contribution in [-0.2, 0) is 4.74 Å². The minimum atomic E-state index is -0.425. The molecule has 0 radical (unpaired) electrons. The predicted molar refractivity (Wildman–Crippen MR) is 75.2 cm³/mol. The highest BCUT2D eigenvalue weighted by Crippen LogP contribution is 2.37. The molecular formula is C14H15N3O4. The number of nitrogens with one attached hydrogen (secondary N) is 1. The fourth-order valence-corrected chi connectivity index (χ4v) is 3.36. The van der Waals surface area contributed by atoms with Crippen molar-refractivity contribution in [3.8, 4) is 0 Å². The maximum absolute atomic E-state index is 11.2. The number of hydrogen-bond donors (Lipinski definition) is 1. The van der Waals surface area contributed by atoms with E-state index in [9.17, 15) is 10.1 Å². The van der Waals surface area contributed by atoms with Crippen LogP contribution in [0.1, 0.15) is 25.7 Å². The highest BCUT2D eigenvalue weighted by atomic mass is 16.6. The van der Waals surface area contributed by atoms with E-state index in [1.807, 2.05) is 0 Å². The van der Waals surface area contributed by atoms with Crippen LogP contribution in [0, 0.1) is 10.1 Å². The Bertz CT molecular complexity index is 687. The van der Waals surface area contributed by atoms with E-state index >= 15 is 0 Å². The van der Waals surface area contributed by atoms with Gasteiger partial charge in [-0.25, -0.2) is 4.98 Å². The highest BCUT2D eigenvalue weighted by molar-refractivity contribution is 5.91. The summed E-state index contributed by atoms with van der Waals surface area (Å²) in [4.78, 5) is 14.9. The first-order valence-electron chi connectivity index (χ1n) is 7.13. The zero-order valence-electron chi connectivity index (χ0n) is 11.3. The Morgan fingerprint density at radius 2 is 2.10 bits per heavy atom. The van der Waals surface area contributed by atoms with Crippen LogP contribution in [0.4, 0.5) is 11.4 Å². The normalized spacial score (nSPS) is 27.9. The van der Waals surface area contributed by atoms with Crippen molar-refractivity contribution in [3.63, 3.8) is 0 Å². The molecule has 2 aliphatic rings. The van der Waals surface area contributed by atoms with E-state index in [1.165, 1.54) is 12.5 Å². The van der Waals surface area contributed by atoms with Gasteiger partial charge in [0.2, 0.25) is 0 Å². The SMILES string of the molecule is O=[N+]([O-])c1cnc2ccoc2c1NC1CC2CCC(C1)O2. The van der Waals surface area contributed by atoms with Crippen molar-refractivity contribution < 1.29 is 14.1 Å². The monoisotopic (exact) mass is 289 g/mol. The van der Waals surface area contributed by atoms with Crippen molar-refractivity contribution in [2.24, 2.45) is 0 Å². The van der Waals surface area contributed by atoms with Gasteiger partial charge in [-0.3, -0.25) is 10.1 Å². The van der Waals surface area contributed by atoms with Gasteiger partial charge in [0.25, 0.3) is 0 Å². The molecule has 110 valence electrons. The number of nitrogens with zero attached hydrogens (tertiary/aromatic N) is 2. The first kappa shape index (κ1) is 12.6. The lowest BCUT2D eigenvalue weighted by Crippen LogP contribution is -2.34. The summed E-state index contributed by atoms with van der Waals surface area (Å²) >= 11 is 0. The van der Waals surface area contributed by atoms with Gasteiger partial charge in [-0.15, -0.1) is 0 Å². The van der Waals surface area contributed by atoms with Crippen molar-refractivity contribution in [2.45, 2.75) is 43.9 Å². The second kappa shape index (κ2) is 4.70. The van der Waals surface area contributed by atoms with Gasteiger partial charge in [0.1, 0.15) is 11.7 Å². The van der Waals surface area contributed by atoms with E-state index in [4.69, 9.17) is 9.15 Å². The average molecular weight is 289 g/mol. The molecule has 0 saturated carbocycles. The number of fused-ring (bicyclic) bond motifs is 3. The first-order chi connectivity index (χ1) is 10.2. The third-order valence-electron chi connectivity index (χ3n) is 4.29. The molecular weight excluding hydrogens is 274 g/mol. The molecule has 2 fully saturated rings. The number of aromatic nitrogens is 1. The van der Waals surface area contributed by atoms with Crippen molar-refractivity contribution in [2.75, 3.05) is 5.32 Å². The number of pyridine rings is 1. The molecule has 2 bridgehead atoms. The molecule has 2 atom stereocenters. The van der Waals surface area contributed by atoms with E-state index in [0.29, 0.717) is 16.8 Å². The van der Waals surface area contributed by atoms with Crippen LogP contribution < -0.4 is 5.32 Å². The molecule has 7 heteroatoms. The predicted octanol–water partition coefficient (Wildman–Crippen LogP) is 2.86. The molecule has 4 rings (SSSR count). The molecule has 1 N–H and O–H groups in total. The van der Waals surface area contributed by atoms with Gasteiger partial charge in [0, 0.05) is 12.1 Å². The van der Waals surface area contributed by atoms with Gasteiger partial charge in [-0.2, -0.15) is 0 Å². The van der Waals surface area contributed by atoms with Gasteiger partial charge < -0.3 is 14.5 Å². The molecule has 4 heterocycles. The van der Waals surface area contributed by atoms with Crippen molar-refractivity contribution in [3.05, 3.63) is 28.6 Å². The summed E-state index contributed by atoms with van der Waals surface area (Å²) in [5, 5.41) is 14.5. The van der Waals surface area contributed by atoms with Gasteiger partial charge in [-0.1, -0.05) is 0 Å². The van der Waals surface area contributed by atoms with Crippen LogP contribution in [0.25, 0.3) is 11.1 Å². The van der Waals surface area contributed by atoms with Gasteiger partial charge in [0.15, 0.2) is 11.3 Å². The quantitative estimate of drug-likeness (QED) is 0.690. The Balaban J connectivity index is 1.69. The summed E-state index contributed by atoms with van der Waals surface area (Å²) in [5.41, 5.74) is 1.46. The first-order valence-corrected chi connectivity index (χ1v) is 7.13. The summed E-state index contributed by atoms with van der Waals surface area (Å²) in [5.74, 6) is 0. The number of rotatable bonds is 3. The third kappa shape index (κ3) is 2.13. The lowest BCUT2D eigenvalue weighted by molar-refractivity contribution is -0.384. The standard InChI is InChI=1S/C14H15N3O4/c18-17(19)12-7-15-11-3-4-20-14(11)13(12)16-8-5-9-1-2-10(6-8)21-9/h3-4,7-10H,1-2,5-6H2,(H,15,16). The Hall–Kier alpha value is -2.15. The Morgan fingerprint density at radius 3 is 2.81 bits per heavy atom. The van der Waals surface area contributed by atoms with Gasteiger partial charge in [0.05, 0.1) is 23.4 Å². The number of anilines is 1. The zero-order chi connectivity index (χ0) is 14.4. The van der Waals surface area contributed by atoms with Crippen LogP contribution >= 0.6 is 0 Å². The molecule has 2 unspecified atom stereocenters. The maximum Gasteiger partial charge on any atom is 0.314 e. The average Bonchev–Trinajstić information content (AvgIpc) is 3.05. The van der Waals surface area contributed by atoms with E-state index in [1.54, 1.807) is 6.07 Å². The van der Waals surface area contributed by atoms with E-state index in [2.05, 4.69) is 10.3 Å². The number of ether oxygens (including phenoxy) is 1. The second-order valence-electron chi connectivity index (χ2n) is 5.68. The molecule has 0 spiro atoms. The topological polar surface area (TPSA) is 90.4 Å². The highest BCUT2D eigenvalue weighted by Gasteiger charge is 2.36. The Kier molecular flexibility index (Phi) is 2.81. The Labute approximate surface area is 120 Å². The van der Waals surface area contributed by atoms with Crippen LogP contribution in [0.5, 0.6) is 0 Å². The largest absolute Gasteiger partial charge is 0.460 e. The number of hydrogen-bond acceptors (Lipinski definition) is 6. The molecule has 2 aliphatic heterocycles. The lowest BCUT2D eigenvalue weighted by Gasteiger charge is -2.29. The lowest BCUT2D eigenvalue weighted by atomic mass is 10.0. The molecule has 7 nitrogen and oxygen atoms in total. The second-order valence-corrected chi connectivity index (χ2v) is 5.68. The molecule has 2 saturated heterocycles. The summed E-state index contributed by atoms with van der Waals surface area (Å²) in [6.07, 6.45) is 7.24. The van der Waals surface area contributed by atoms with Crippen LogP contribution in [0.2, 0.25) is 0 Å². The summed E-state index contributed by atoms with van der Waals surface area (Å²) in [6.45, 7) is 0. The smallest absolute Gasteiger partial charge is 0.314 e. The van der Waals surface area contributed by atoms with Crippen molar-refractivity contribution >= 4 is 22.5 Å². The Morgan fingerprint density at radius 1 is 1.33 bits per heavy atom. The van der Waals surface area contributed by atoms with E-state index < -0.39 is 4.92 Å². The molecule has 2 aromatic rings. The van der Waals surface area contributed by atoms with Crippen LogP contribution in [0.15, 0.2) is 22.9 Å². The van der Waals surface area contributed by atoms with Crippen LogP contribution in [0.3, 0.4) is 0 Å². The minimum absolute atomic E-state index is 0.0451. The summed E-state index contributed by atoms with van der Waals surface area (Å²) in [7, 11) is 0. The number of furan rings is 1. The summed E-state index contributed by atoms with van der Waals surface area (Å²) < 4.78 is 11.2. The van der Waals surface area contributed by atoms with E-state index in [-0.39, 0.29) is 23.9 Å². The molecule has 0 aliphatic carbocycles. The number of nitro groups is 1. The molecule has 0 amide bonds. The van der Waals surface area contributed by atoms with Crippen molar-refractivity contribution in [1.82, 2.24) is 4.98 Å².